The van der Waals surface area contributed by atoms with Crippen LogP contribution in [0.1, 0.15) is 30.9 Å². The van der Waals surface area contributed by atoms with Gasteiger partial charge in [-0.15, -0.1) is 0 Å². The highest BCUT2D eigenvalue weighted by Gasteiger charge is 2.41. The fourth-order valence-corrected chi connectivity index (χ4v) is 2.24. The van der Waals surface area contributed by atoms with Crippen LogP contribution in [0.15, 0.2) is 18.2 Å². The third-order valence-corrected chi connectivity index (χ3v) is 3.77. The van der Waals surface area contributed by atoms with Crippen LogP contribution in [0, 0.1) is 17.0 Å². The zero-order valence-corrected chi connectivity index (χ0v) is 10.7. The molecule has 0 heterocycles. The van der Waals surface area contributed by atoms with E-state index >= 15 is 0 Å². The molecule has 1 aliphatic rings. The third-order valence-electron chi connectivity index (χ3n) is 3.77. The lowest BCUT2D eigenvalue weighted by atomic mass is 10.0. The lowest BCUT2D eigenvalue weighted by Crippen LogP contribution is -2.28. The lowest BCUT2D eigenvalue weighted by Gasteiger charge is -2.17. The zero-order chi connectivity index (χ0) is 13.9. The van der Waals surface area contributed by atoms with Gasteiger partial charge in [0.2, 0.25) is 0 Å². The molecule has 3 N–H and O–H groups in total. The van der Waals surface area contributed by atoms with Crippen molar-refractivity contribution < 1.29 is 19.0 Å². The molecule has 19 heavy (non-hydrogen) atoms. The van der Waals surface area contributed by atoms with Crippen LogP contribution in [0.25, 0.3) is 0 Å². The summed E-state index contributed by atoms with van der Waals surface area (Å²) in [6, 6.07) is 3.41. The van der Waals surface area contributed by atoms with Gasteiger partial charge in [-0.2, -0.15) is 0 Å². The summed E-state index contributed by atoms with van der Waals surface area (Å²) >= 11 is 0. The van der Waals surface area contributed by atoms with E-state index in [-0.39, 0.29) is 18.6 Å². The molecule has 1 fully saturated rings. The van der Waals surface area contributed by atoms with Crippen LogP contribution in [-0.2, 0) is 0 Å². The molecule has 1 aromatic carbocycles. The van der Waals surface area contributed by atoms with Crippen LogP contribution in [0.4, 0.5) is 8.78 Å². The van der Waals surface area contributed by atoms with Crippen molar-refractivity contribution in [3.05, 3.63) is 35.4 Å². The molecule has 5 heteroatoms. The van der Waals surface area contributed by atoms with E-state index in [1.54, 1.807) is 0 Å². The highest BCUT2D eigenvalue weighted by atomic mass is 19.2. The number of rotatable bonds is 7. The second-order valence-corrected chi connectivity index (χ2v) is 5.29. The molecule has 1 aromatic rings. The van der Waals surface area contributed by atoms with E-state index in [1.165, 1.54) is 6.07 Å². The first-order chi connectivity index (χ1) is 9.06. The average Bonchev–Trinajstić information content (AvgIpc) is 3.13. The molecule has 1 aliphatic carbocycles. The molecule has 106 valence electrons. The van der Waals surface area contributed by atoms with E-state index in [1.807, 2.05) is 0 Å². The topological polar surface area (TPSA) is 52.5 Å². The zero-order valence-electron chi connectivity index (χ0n) is 10.7. The maximum Gasteiger partial charge on any atom is 0.159 e. The van der Waals surface area contributed by atoms with Crippen molar-refractivity contribution in [2.24, 2.45) is 5.41 Å². The summed E-state index contributed by atoms with van der Waals surface area (Å²) < 4.78 is 25.8. The van der Waals surface area contributed by atoms with Gasteiger partial charge in [0.25, 0.3) is 0 Å². The number of hydrogen-bond acceptors (Lipinski definition) is 3. The number of hydrogen-bond donors (Lipinski definition) is 3. The summed E-state index contributed by atoms with van der Waals surface area (Å²) in [5, 5.41) is 21.9. The van der Waals surface area contributed by atoms with Crippen LogP contribution in [0.3, 0.4) is 0 Å². The fraction of sp³-hybridized carbons (Fsp3) is 0.571. The first kappa shape index (κ1) is 14.4. The van der Waals surface area contributed by atoms with Crippen LogP contribution in [-0.4, -0.2) is 29.9 Å². The lowest BCUT2D eigenvalue weighted by molar-refractivity contribution is 0.168. The predicted molar refractivity (Wildman–Crippen MR) is 67.6 cm³/mol. The Morgan fingerprint density at radius 2 is 2.00 bits per heavy atom. The minimum Gasteiger partial charge on any atom is -0.396 e. The standard InChI is InChI=1S/C14H19F2NO2/c15-11-2-1-10(7-12(11)16)13(19)8-17-9-14(3-4-14)5-6-18/h1-2,7,13,17-19H,3-6,8-9H2. The van der Waals surface area contributed by atoms with Crippen molar-refractivity contribution in [3.8, 4) is 0 Å². The van der Waals surface area contributed by atoms with Crippen LogP contribution >= 0.6 is 0 Å². The quantitative estimate of drug-likeness (QED) is 0.708. The molecule has 0 amide bonds. The van der Waals surface area contributed by atoms with Gasteiger partial charge in [0, 0.05) is 19.7 Å². The first-order valence-corrected chi connectivity index (χ1v) is 6.51. The van der Waals surface area contributed by atoms with Gasteiger partial charge in [-0.1, -0.05) is 6.07 Å². The summed E-state index contributed by atoms with van der Waals surface area (Å²) in [4.78, 5) is 0. The molecule has 1 unspecified atom stereocenters. The summed E-state index contributed by atoms with van der Waals surface area (Å²) in [6.07, 6.45) is 2.07. The Kier molecular flexibility index (Phi) is 4.50. The Balaban J connectivity index is 1.81. The number of benzene rings is 1. The van der Waals surface area contributed by atoms with Gasteiger partial charge in [0.05, 0.1) is 6.10 Å². The average molecular weight is 271 g/mol. The predicted octanol–water partition coefficient (Wildman–Crippen LogP) is 1.75. The number of halogens is 2. The van der Waals surface area contributed by atoms with E-state index in [9.17, 15) is 13.9 Å². The number of aliphatic hydroxyl groups excluding tert-OH is 2. The normalized spacial score (nSPS) is 18.3. The molecule has 1 saturated carbocycles. The largest absolute Gasteiger partial charge is 0.396 e. The van der Waals surface area contributed by atoms with Crippen molar-refractivity contribution in [2.75, 3.05) is 19.7 Å². The smallest absolute Gasteiger partial charge is 0.159 e. The molecular formula is C14H19F2NO2. The van der Waals surface area contributed by atoms with Gasteiger partial charge in [-0.3, -0.25) is 0 Å². The first-order valence-electron chi connectivity index (χ1n) is 6.51. The minimum atomic E-state index is -0.949. The second-order valence-electron chi connectivity index (χ2n) is 5.29. The summed E-state index contributed by atoms with van der Waals surface area (Å²) in [5.74, 6) is -1.86. The highest BCUT2D eigenvalue weighted by molar-refractivity contribution is 5.20. The van der Waals surface area contributed by atoms with Crippen molar-refractivity contribution >= 4 is 0 Å². The maximum atomic E-state index is 13.0. The maximum absolute atomic E-state index is 13.0. The van der Waals surface area contributed by atoms with Crippen molar-refractivity contribution in [2.45, 2.75) is 25.4 Å². The van der Waals surface area contributed by atoms with Gasteiger partial charge in [0.15, 0.2) is 11.6 Å². The van der Waals surface area contributed by atoms with Gasteiger partial charge < -0.3 is 15.5 Å². The van der Waals surface area contributed by atoms with Crippen molar-refractivity contribution in [3.63, 3.8) is 0 Å². The van der Waals surface area contributed by atoms with Gasteiger partial charge in [-0.05, 0) is 42.4 Å². The van der Waals surface area contributed by atoms with E-state index in [0.29, 0.717) is 5.56 Å². The van der Waals surface area contributed by atoms with Gasteiger partial charge in [0.1, 0.15) is 0 Å². The highest BCUT2D eigenvalue weighted by Crippen LogP contribution is 2.47. The van der Waals surface area contributed by atoms with E-state index in [0.717, 1.165) is 37.9 Å². The number of nitrogens with one attached hydrogen (secondary N) is 1. The number of aliphatic hydroxyl groups is 2. The van der Waals surface area contributed by atoms with E-state index in [4.69, 9.17) is 5.11 Å². The summed E-state index contributed by atoms with van der Waals surface area (Å²) in [6.45, 7) is 1.19. The van der Waals surface area contributed by atoms with Crippen molar-refractivity contribution in [1.82, 2.24) is 5.32 Å². The Morgan fingerprint density at radius 1 is 1.26 bits per heavy atom. The molecule has 0 bridgehead atoms. The summed E-state index contributed by atoms with van der Waals surface area (Å²) in [5.41, 5.74) is 0.529. The molecule has 1 atom stereocenters. The third kappa shape index (κ3) is 3.72. The van der Waals surface area contributed by atoms with Crippen LogP contribution in [0.2, 0.25) is 0 Å². The van der Waals surface area contributed by atoms with Crippen molar-refractivity contribution in [1.29, 1.82) is 0 Å². The molecular weight excluding hydrogens is 252 g/mol. The molecule has 0 aliphatic heterocycles. The fourth-order valence-electron chi connectivity index (χ4n) is 2.24. The van der Waals surface area contributed by atoms with Crippen LogP contribution in [0.5, 0.6) is 0 Å². The van der Waals surface area contributed by atoms with E-state index < -0.39 is 17.7 Å². The SMILES string of the molecule is OCCC1(CNCC(O)c2ccc(F)c(F)c2)CC1. The molecule has 0 radical (unpaired) electrons. The Hall–Kier alpha value is -1.04. The minimum absolute atomic E-state index is 0.169. The Labute approximate surface area is 111 Å². The molecule has 0 aromatic heterocycles. The van der Waals surface area contributed by atoms with Crippen LogP contribution < -0.4 is 5.32 Å². The Bertz CT molecular complexity index is 435. The van der Waals surface area contributed by atoms with Gasteiger partial charge in [-0.25, -0.2) is 8.78 Å². The summed E-state index contributed by atoms with van der Waals surface area (Å²) in [7, 11) is 0. The van der Waals surface area contributed by atoms with E-state index in [2.05, 4.69) is 5.32 Å². The monoisotopic (exact) mass is 271 g/mol. The Morgan fingerprint density at radius 3 is 2.58 bits per heavy atom. The molecule has 0 saturated heterocycles. The molecule has 2 rings (SSSR count). The second kappa shape index (κ2) is 5.94. The van der Waals surface area contributed by atoms with Gasteiger partial charge >= 0.3 is 0 Å². The molecule has 0 spiro atoms. The molecule has 3 nitrogen and oxygen atoms in total.